The van der Waals surface area contributed by atoms with Gasteiger partial charge in [-0.3, -0.25) is 4.79 Å². The van der Waals surface area contributed by atoms with Crippen molar-refractivity contribution in [1.29, 1.82) is 0 Å². The van der Waals surface area contributed by atoms with Gasteiger partial charge in [-0.25, -0.2) is 4.79 Å². The number of benzene rings is 2. The van der Waals surface area contributed by atoms with E-state index in [0.717, 1.165) is 27.8 Å². The van der Waals surface area contributed by atoms with Gasteiger partial charge in [0.2, 0.25) is 5.76 Å². The number of carbonyl (C=O) groups is 2. The average Bonchev–Trinajstić information content (AvgIpc) is 3.07. The number of amides is 1. The second kappa shape index (κ2) is 9.35. The van der Waals surface area contributed by atoms with E-state index < -0.39 is 18.0 Å². The maximum atomic E-state index is 12.9. The monoisotopic (exact) mass is 423 g/mol. The number of ether oxygens (including phenoxy) is 2. The largest absolute Gasteiger partial charge is 0.449 e. The molecule has 3 rings (SSSR count). The zero-order chi connectivity index (χ0) is 22.7. The Morgan fingerprint density at radius 2 is 1.68 bits per heavy atom. The van der Waals surface area contributed by atoms with E-state index >= 15 is 0 Å². The third-order valence-electron chi connectivity index (χ3n) is 5.02. The maximum absolute atomic E-state index is 12.9. The fourth-order valence-corrected chi connectivity index (χ4v) is 3.53. The van der Waals surface area contributed by atoms with Crippen LogP contribution in [-0.2, 0) is 20.9 Å². The van der Waals surface area contributed by atoms with Crippen molar-refractivity contribution in [3.63, 3.8) is 0 Å². The zero-order valence-electron chi connectivity index (χ0n) is 18.9. The van der Waals surface area contributed by atoms with E-state index in [-0.39, 0.29) is 18.5 Å². The molecule has 6 nitrogen and oxygen atoms in total. The maximum Gasteiger partial charge on any atom is 0.375 e. The minimum Gasteiger partial charge on any atom is -0.449 e. The molecule has 1 aromatic heterocycles. The molecule has 0 spiro atoms. The summed E-state index contributed by atoms with van der Waals surface area (Å²) in [4.78, 5) is 25.6. The fraction of sp³-hybridized carbons (Fsp3) is 0.360. The van der Waals surface area contributed by atoms with Crippen molar-refractivity contribution in [2.24, 2.45) is 0 Å². The molecule has 0 aliphatic heterocycles. The predicted octanol–water partition coefficient (Wildman–Crippen LogP) is 5.47. The number of nitrogens with one attached hydrogen (secondary N) is 1. The van der Waals surface area contributed by atoms with E-state index in [9.17, 15) is 9.59 Å². The van der Waals surface area contributed by atoms with Gasteiger partial charge in [0, 0.05) is 16.6 Å². The fourth-order valence-electron chi connectivity index (χ4n) is 3.53. The van der Waals surface area contributed by atoms with Gasteiger partial charge < -0.3 is 19.2 Å². The van der Waals surface area contributed by atoms with Gasteiger partial charge in [0.1, 0.15) is 5.58 Å². The minimum absolute atomic E-state index is 0.0109. The van der Waals surface area contributed by atoms with Crippen LogP contribution in [0.1, 0.15) is 53.6 Å². The SMILES string of the molecule is Cc1cc(C)c(NC(=O)C(C)OC(=O)c2oc3ccccc3c2COC(C)C)c(C)c1. The Kier molecular flexibility index (Phi) is 6.81. The van der Waals surface area contributed by atoms with E-state index in [0.29, 0.717) is 11.1 Å². The molecule has 1 N–H and O–H groups in total. The minimum atomic E-state index is -1.00. The Bertz CT molecular complexity index is 1090. The Morgan fingerprint density at radius 3 is 2.32 bits per heavy atom. The molecular weight excluding hydrogens is 394 g/mol. The number of fused-ring (bicyclic) bond motifs is 1. The Labute approximate surface area is 182 Å². The zero-order valence-corrected chi connectivity index (χ0v) is 18.9. The molecule has 1 amide bonds. The molecule has 1 heterocycles. The van der Waals surface area contributed by atoms with Crippen LogP contribution in [0.2, 0.25) is 0 Å². The smallest absolute Gasteiger partial charge is 0.375 e. The first-order valence-corrected chi connectivity index (χ1v) is 10.4. The number of anilines is 1. The summed E-state index contributed by atoms with van der Waals surface area (Å²) in [5, 5.41) is 3.66. The van der Waals surface area contributed by atoms with Crippen LogP contribution in [0.4, 0.5) is 5.69 Å². The molecular formula is C25H29NO5. The van der Waals surface area contributed by atoms with Crippen molar-refractivity contribution in [3.8, 4) is 0 Å². The van der Waals surface area contributed by atoms with Crippen LogP contribution < -0.4 is 5.32 Å². The van der Waals surface area contributed by atoms with Crippen molar-refractivity contribution in [1.82, 2.24) is 0 Å². The molecule has 1 unspecified atom stereocenters. The van der Waals surface area contributed by atoms with Gasteiger partial charge in [0.25, 0.3) is 5.91 Å². The molecule has 2 aromatic carbocycles. The van der Waals surface area contributed by atoms with Crippen LogP contribution in [0, 0.1) is 20.8 Å². The lowest BCUT2D eigenvalue weighted by molar-refractivity contribution is -0.123. The lowest BCUT2D eigenvalue weighted by Gasteiger charge is -2.17. The molecule has 0 fully saturated rings. The molecule has 0 aliphatic carbocycles. The Hall–Kier alpha value is -3.12. The first-order valence-electron chi connectivity index (χ1n) is 10.4. The number of hydrogen-bond donors (Lipinski definition) is 1. The van der Waals surface area contributed by atoms with Crippen molar-refractivity contribution >= 4 is 28.5 Å². The highest BCUT2D eigenvalue weighted by Gasteiger charge is 2.26. The van der Waals surface area contributed by atoms with Gasteiger partial charge in [-0.05, 0) is 58.7 Å². The van der Waals surface area contributed by atoms with E-state index in [4.69, 9.17) is 13.9 Å². The van der Waals surface area contributed by atoms with Crippen LogP contribution >= 0.6 is 0 Å². The summed E-state index contributed by atoms with van der Waals surface area (Å²) in [6.07, 6.45) is -1.01. The van der Waals surface area contributed by atoms with Crippen LogP contribution in [-0.4, -0.2) is 24.1 Å². The normalized spacial score (nSPS) is 12.2. The lowest BCUT2D eigenvalue weighted by Crippen LogP contribution is -2.30. The molecule has 164 valence electrons. The van der Waals surface area contributed by atoms with Crippen LogP contribution in [0.25, 0.3) is 11.0 Å². The number of furan rings is 1. The molecule has 3 aromatic rings. The predicted molar refractivity (Wildman–Crippen MR) is 120 cm³/mol. The van der Waals surface area contributed by atoms with Gasteiger partial charge in [0.05, 0.1) is 12.7 Å². The van der Waals surface area contributed by atoms with E-state index in [1.165, 1.54) is 0 Å². The Balaban J connectivity index is 1.78. The van der Waals surface area contributed by atoms with Gasteiger partial charge in [-0.15, -0.1) is 0 Å². The number of hydrogen-bond acceptors (Lipinski definition) is 5. The number of esters is 1. The van der Waals surface area contributed by atoms with Crippen LogP contribution in [0.15, 0.2) is 40.8 Å². The summed E-state index contributed by atoms with van der Waals surface area (Å²) in [6.45, 7) is 11.5. The van der Waals surface area contributed by atoms with Crippen molar-refractivity contribution in [2.45, 2.75) is 60.4 Å². The topological polar surface area (TPSA) is 77.8 Å². The molecule has 1 atom stereocenters. The summed E-state index contributed by atoms with van der Waals surface area (Å²) < 4.78 is 16.9. The molecule has 0 saturated heterocycles. The lowest BCUT2D eigenvalue weighted by atomic mass is 10.0. The van der Waals surface area contributed by atoms with Crippen LogP contribution in [0.5, 0.6) is 0 Å². The first kappa shape index (κ1) is 22.6. The number of aryl methyl sites for hydroxylation is 3. The van der Waals surface area contributed by atoms with E-state index in [1.54, 1.807) is 13.0 Å². The van der Waals surface area contributed by atoms with Crippen molar-refractivity contribution < 1.29 is 23.5 Å². The highest BCUT2D eigenvalue weighted by Crippen LogP contribution is 2.28. The summed E-state index contributed by atoms with van der Waals surface area (Å²) >= 11 is 0. The van der Waals surface area contributed by atoms with Gasteiger partial charge in [-0.2, -0.15) is 0 Å². The summed E-state index contributed by atoms with van der Waals surface area (Å²) in [6, 6.07) is 11.3. The summed E-state index contributed by atoms with van der Waals surface area (Å²) in [7, 11) is 0. The number of carbonyl (C=O) groups excluding carboxylic acids is 2. The molecule has 6 heteroatoms. The summed E-state index contributed by atoms with van der Waals surface area (Å²) in [5.74, 6) is -1.04. The number of para-hydroxylation sites is 1. The Morgan fingerprint density at radius 1 is 1.03 bits per heavy atom. The molecule has 31 heavy (non-hydrogen) atoms. The third-order valence-corrected chi connectivity index (χ3v) is 5.02. The molecule has 0 aliphatic rings. The highest BCUT2D eigenvalue weighted by molar-refractivity contribution is 6.00. The third kappa shape index (κ3) is 5.14. The average molecular weight is 424 g/mol. The van der Waals surface area contributed by atoms with Crippen molar-refractivity contribution in [2.75, 3.05) is 5.32 Å². The van der Waals surface area contributed by atoms with Gasteiger partial charge in [0.15, 0.2) is 6.10 Å². The van der Waals surface area contributed by atoms with Gasteiger partial charge >= 0.3 is 5.97 Å². The standard InChI is InChI=1S/C25H29NO5/c1-14(2)29-13-20-19-9-7-8-10-21(19)31-23(20)25(28)30-18(6)24(27)26-22-16(4)11-15(3)12-17(22)5/h7-12,14,18H,13H2,1-6H3,(H,26,27). The van der Waals surface area contributed by atoms with Gasteiger partial charge in [-0.1, -0.05) is 35.9 Å². The second-order valence-electron chi connectivity index (χ2n) is 8.08. The molecule has 0 saturated carbocycles. The van der Waals surface area contributed by atoms with Crippen molar-refractivity contribution in [3.05, 3.63) is 64.4 Å². The molecule has 0 radical (unpaired) electrons. The highest BCUT2D eigenvalue weighted by atomic mass is 16.6. The van der Waals surface area contributed by atoms with Crippen LogP contribution in [0.3, 0.4) is 0 Å². The molecule has 0 bridgehead atoms. The number of rotatable bonds is 7. The summed E-state index contributed by atoms with van der Waals surface area (Å²) in [5.41, 5.74) is 4.94. The van der Waals surface area contributed by atoms with E-state index in [1.807, 2.05) is 65.0 Å². The quantitative estimate of drug-likeness (QED) is 0.510. The second-order valence-corrected chi connectivity index (χ2v) is 8.08. The first-order chi connectivity index (χ1) is 14.7. The van der Waals surface area contributed by atoms with E-state index in [2.05, 4.69) is 5.32 Å².